The van der Waals surface area contributed by atoms with Gasteiger partial charge in [-0.3, -0.25) is 0 Å². The van der Waals surface area contributed by atoms with E-state index in [-0.39, 0.29) is 12.1 Å². The first kappa shape index (κ1) is 22.3. The Bertz CT molecular complexity index is 1190. The summed E-state index contributed by atoms with van der Waals surface area (Å²) in [7, 11) is -0.323. The van der Waals surface area contributed by atoms with Crippen LogP contribution in [-0.4, -0.2) is 44.7 Å². The molecule has 2 aromatic carbocycles. The van der Waals surface area contributed by atoms with Gasteiger partial charge in [0.25, 0.3) is 0 Å². The van der Waals surface area contributed by atoms with Crippen LogP contribution >= 0.6 is 0 Å². The summed E-state index contributed by atoms with van der Waals surface area (Å²) in [6.45, 7) is 1.94. The van der Waals surface area contributed by atoms with Crippen molar-refractivity contribution in [2.24, 2.45) is 0 Å². The van der Waals surface area contributed by atoms with Crippen molar-refractivity contribution < 1.29 is 17.9 Å². The van der Waals surface area contributed by atoms with Crippen molar-refractivity contribution in [1.82, 2.24) is 14.7 Å². The summed E-state index contributed by atoms with van der Waals surface area (Å²) >= 11 is 0. The van der Waals surface area contributed by atoms with Gasteiger partial charge in [0.15, 0.2) is 11.5 Å². The van der Waals surface area contributed by atoms with Gasteiger partial charge in [-0.2, -0.15) is 0 Å². The molecule has 0 aliphatic heterocycles. The van der Waals surface area contributed by atoms with Crippen LogP contribution in [0.25, 0.3) is 10.9 Å². The number of aryl methyl sites for hydroxylation is 1. The molecule has 4 rings (SSSR count). The molecule has 0 radical (unpaired) electrons. The van der Waals surface area contributed by atoms with Gasteiger partial charge in [0.1, 0.15) is 12.1 Å². The molecule has 32 heavy (non-hydrogen) atoms. The number of hydrogen-bond acceptors (Lipinski definition) is 7. The quantitative estimate of drug-likeness (QED) is 0.559. The number of fused-ring (bicyclic) bond motifs is 1. The second-order valence-electron chi connectivity index (χ2n) is 8.07. The molecule has 1 aliphatic rings. The number of ether oxygens (including phenoxy) is 2. The molecule has 2 N–H and O–H groups in total. The molecule has 0 bridgehead atoms. The van der Waals surface area contributed by atoms with E-state index in [0.717, 1.165) is 48.0 Å². The normalized spacial score (nSPS) is 19.0. The lowest BCUT2D eigenvalue weighted by Gasteiger charge is -2.30. The van der Waals surface area contributed by atoms with Gasteiger partial charge in [-0.05, 0) is 50.8 Å². The number of nitrogens with zero attached hydrogens (tertiary/aromatic N) is 2. The highest BCUT2D eigenvalue weighted by Crippen LogP contribution is 2.34. The second-order valence-corrected chi connectivity index (χ2v) is 9.79. The van der Waals surface area contributed by atoms with Crippen LogP contribution in [0.3, 0.4) is 0 Å². The van der Waals surface area contributed by atoms with Crippen LogP contribution in [0, 0.1) is 6.92 Å². The molecule has 1 heterocycles. The molecule has 1 aromatic heterocycles. The largest absolute Gasteiger partial charge is 0.493 e. The van der Waals surface area contributed by atoms with Crippen molar-refractivity contribution in [3.8, 4) is 11.5 Å². The standard InChI is InChI=1S/C23H28N4O4S/c1-15-4-10-18(11-5-15)32(28,29)27-17-8-6-16(7-9-17)26-23-19-12-21(30-2)22(31-3)13-20(19)24-14-25-23/h4-5,10-14,16-17,27H,6-9H2,1-3H3,(H,24,25,26). The Kier molecular flexibility index (Phi) is 6.48. The maximum absolute atomic E-state index is 12.7. The summed E-state index contributed by atoms with van der Waals surface area (Å²) in [5, 5.41) is 4.36. The fraction of sp³-hybridized carbons (Fsp3) is 0.391. The molecule has 3 aromatic rings. The molecular formula is C23H28N4O4S. The van der Waals surface area contributed by atoms with Crippen LogP contribution in [0.5, 0.6) is 11.5 Å². The molecule has 8 nitrogen and oxygen atoms in total. The molecule has 1 fully saturated rings. The minimum Gasteiger partial charge on any atom is -0.493 e. The lowest BCUT2D eigenvalue weighted by molar-refractivity contribution is 0.355. The van der Waals surface area contributed by atoms with Crippen LogP contribution in [0.15, 0.2) is 47.6 Å². The number of aromatic nitrogens is 2. The van der Waals surface area contributed by atoms with Crippen LogP contribution < -0.4 is 19.5 Å². The lowest BCUT2D eigenvalue weighted by Crippen LogP contribution is -2.40. The highest BCUT2D eigenvalue weighted by atomic mass is 32.2. The second kappa shape index (κ2) is 9.30. The molecule has 1 aliphatic carbocycles. The van der Waals surface area contributed by atoms with Gasteiger partial charge in [-0.15, -0.1) is 0 Å². The monoisotopic (exact) mass is 456 g/mol. The average molecular weight is 457 g/mol. The Morgan fingerprint density at radius 1 is 0.906 bits per heavy atom. The van der Waals surface area contributed by atoms with E-state index in [0.29, 0.717) is 16.4 Å². The summed E-state index contributed by atoms with van der Waals surface area (Å²) in [6.07, 6.45) is 4.70. The maximum Gasteiger partial charge on any atom is 0.240 e. The van der Waals surface area contributed by atoms with Crippen LogP contribution in [0.2, 0.25) is 0 Å². The van der Waals surface area contributed by atoms with Crippen molar-refractivity contribution >= 4 is 26.7 Å². The number of rotatable bonds is 7. The van der Waals surface area contributed by atoms with E-state index in [2.05, 4.69) is 20.0 Å². The zero-order chi connectivity index (χ0) is 22.7. The van der Waals surface area contributed by atoms with Crippen molar-refractivity contribution in [3.05, 3.63) is 48.3 Å². The summed E-state index contributed by atoms with van der Waals surface area (Å²) in [5.74, 6) is 1.97. The number of nitrogens with one attached hydrogen (secondary N) is 2. The molecule has 1 saturated carbocycles. The SMILES string of the molecule is COc1cc2ncnc(NC3CCC(NS(=O)(=O)c4ccc(C)cc4)CC3)c2cc1OC. The highest BCUT2D eigenvalue weighted by Gasteiger charge is 2.26. The van der Waals surface area contributed by atoms with E-state index >= 15 is 0 Å². The Morgan fingerprint density at radius 2 is 1.53 bits per heavy atom. The van der Waals surface area contributed by atoms with Crippen molar-refractivity contribution in [2.45, 2.75) is 49.6 Å². The summed E-state index contributed by atoms with van der Waals surface area (Å²) in [5.41, 5.74) is 1.79. The van der Waals surface area contributed by atoms with Gasteiger partial charge < -0.3 is 14.8 Å². The van der Waals surface area contributed by atoms with E-state index in [1.807, 2.05) is 31.2 Å². The highest BCUT2D eigenvalue weighted by molar-refractivity contribution is 7.89. The predicted molar refractivity (Wildman–Crippen MR) is 124 cm³/mol. The minimum absolute atomic E-state index is 0.0779. The van der Waals surface area contributed by atoms with Crippen molar-refractivity contribution in [3.63, 3.8) is 0 Å². The molecular weight excluding hydrogens is 428 g/mol. The van der Waals surface area contributed by atoms with Gasteiger partial charge in [0.2, 0.25) is 10.0 Å². The first-order valence-corrected chi connectivity index (χ1v) is 12.1. The molecule has 0 spiro atoms. The third-order valence-electron chi connectivity index (χ3n) is 5.86. The Balaban J connectivity index is 1.42. The zero-order valence-electron chi connectivity index (χ0n) is 18.5. The van der Waals surface area contributed by atoms with E-state index in [9.17, 15) is 8.42 Å². The zero-order valence-corrected chi connectivity index (χ0v) is 19.3. The van der Waals surface area contributed by atoms with Gasteiger partial charge in [-0.25, -0.2) is 23.1 Å². The number of hydrogen-bond donors (Lipinski definition) is 2. The first-order chi connectivity index (χ1) is 15.4. The smallest absolute Gasteiger partial charge is 0.240 e. The molecule has 0 saturated heterocycles. The summed E-state index contributed by atoms with van der Waals surface area (Å²) in [6, 6.07) is 10.7. The lowest BCUT2D eigenvalue weighted by atomic mass is 9.92. The van der Waals surface area contributed by atoms with Crippen molar-refractivity contribution in [2.75, 3.05) is 19.5 Å². The van der Waals surface area contributed by atoms with Crippen LogP contribution in [0.1, 0.15) is 31.2 Å². The molecule has 170 valence electrons. The van der Waals surface area contributed by atoms with E-state index in [4.69, 9.17) is 9.47 Å². The predicted octanol–water partition coefficient (Wildman–Crippen LogP) is 3.66. The van der Waals surface area contributed by atoms with E-state index < -0.39 is 10.0 Å². The molecule has 0 unspecified atom stereocenters. The maximum atomic E-state index is 12.7. The Morgan fingerprint density at radius 3 is 2.19 bits per heavy atom. The van der Waals surface area contributed by atoms with Gasteiger partial charge in [0.05, 0.1) is 24.6 Å². The van der Waals surface area contributed by atoms with Gasteiger partial charge in [0, 0.05) is 23.5 Å². The number of methoxy groups -OCH3 is 2. The van der Waals surface area contributed by atoms with Gasteiger partial charge >= 0.3 is 0 Å². The average Bonchev–Trinajstić information content (AvgIpc) is 2.79. The third kappa shape index (κ3) is 4.78. The fourth-order valence-corrected chi connectivity index (χ4v) is 5.36. The Labute approximate surface area is 188 Å². The summed E-state index contributed by atoms with van der Waals surface area (Å²) in [4.78, 5) is 9.07. The molecule has 0 atom stereocenters. The van der Waals surface area contributed by atoms with Crippen molar-refractivity contribution in [1.29, 1.82) is 0 Å². The van der Waals surface area contributed by atoms with E-state index in [1.54, 1.807) is 26.4 Å². The molecule has 9 heteroatoms. The van der Waals surface area contributed by atoms with Gasteiger partial charge in [-0.1, -0.05) is 17.7 Å². The summed E-state index contributed by atoms with van der Waals surface area (Å²) < 4.78 is 39.0. The third-order valence-corrected chi connectivity index (χ3v) is 7.40. The van der Waals surface area contributed by atoms with Crippen LogP contribution in [-0.2, 0) is 10.0 Å². The number of anilines is 1. The van der Waals surface area contributed by atoms with E-state index in [1.165, 1.54) is 6.33 Å². The minimum atomic E-state index is -3.51. The number of benzene rings is 2. The number of sulfonamides is 1. The topological polar surface area (TPSA) is 102 Å². The fourth-order valence-electron chi connectivity index (χ4n) is 4.05. The Hall–Kier alpha value is -2.91. The first-order valence-electron chi connectivity index (χ1n) is 10.6. The molecule has 0 amide bonds. The van der Waals surface area contributed by atoms with Crippen LogP contribution in [0.4, 0.5) is 5.82 Å².